The molecule has 1 fully saturated rings. The summed E-state index contributed by atoms with van der Waals surface area (Å²) in [4.78, 5) is 33.2. The molecule has 0 unspecified atom stereocenters. The highest BCUT2D eigenvalue weighted by atomic mass is 35.5. The number of carbonyl (C=O) groups is 2. The van der Waals surface area contributed by atoms with Gasteiger partial charge in [0.15, 0.2) is 0 Å². The highest BCUT2D eigenvalue weighted by Crippen LogP contribution is 2.36. The van der Waals surface area contributed by atoms with Crippen LogP contribution < -0.4 is 5.32 Å². The number of hydrogen-bond donors (Lipinski definition) is 3. The second-order valence-corrected chi connectivity index (χ2v) is 9.66. The molecule has 0 atom stereocenters. The van der Waals surface area contributed by atoms with Gasteiger partial charge in [-0.1, -0.05) is 11.6 Å². The Labute approximate surface area is 192 Å². The number of H-pyrrole nitrogens is 1. The van der Waals surface area contributed by atoms with E-state index in [2.05, 4.69) is 15.2 Å². The Bertz CT molecular complexity index is 1140. The molecule has 0 radical (unpaired) electrons. The average Bonchev–Trinajstić information content (AvgIpc) is 3.24. The summed E-state index contributed by atoms with van der Waals surface area (Å²) in [5.41, 5.74) is 4.29. The molecule has 8 heteroatoms. The van der Waals surface area contributed by atoms with E-state index in [1.807, 2.05) is 14.0 Å². The molecular weight excluding hydrogens is 428 g/mol. The van der Waals surface area contributed by atoms with Crippen molar-refractivity contribution >= 4 is 40.8 Å². The van der Waals surface area contributed by atoms with Crippen LogP contribution in [0.15, 0.2) is 18.2 Å². The summed E-state index contributed by atoms with van der Waals surface area (Å²) in [6.45, 7) is 4.49. The maximum atomic E-state index is 13.3. The van der Waals surface area contributed by atoms with E-state index in [-0.39, 0.29) is 11.8 Å². The zero-order chi connectivity index (χ0) is 22.6. The first-order chi connectivity index (χ1) is 15.2. The molecule has 3 N–H and O–H groups in total. The van der Waals surface area contributed by atoms with E-state index in [4.69, 9.17) is 11.6 Å². The number of β-amino-alcohol motifs (C(OH)–C–C–N with tert-alkyl or cyclic N) is 1. The van der Waals surface area contributed by atoms with Gasteiger partial charge < -0.3 is 25.2 Å². The predicted molar refractivity (Wildman–Crippen MR) is 125 cm³/mol. The van der Waals surface area contributed by atoms with Crippen molar-refractivity contribution in [2.75, 3.05) is 38.5 Å². The maximum absolute atomic E-state index is 13.3. The van der Waals surface area contributed by atoms with E-state index in [1.54, 1.807) is 29.2 Å². The SMILES string of the molecule is Cc1c(C=C2C(=O)Nc3ccc(Cl)cc32)[nH]c2c1C(=O)N(CC1(O)CCN(C)CC1)CC2. The van der Waals surface area contributed by atoms with Gasteiger partial charge in [0.25, 0.3) is 11.8 Å². The number of nitrogens with zero attached hydrogens (tertiary/aromatic N) is 2. The smallest absolute Gasteiger partial charge is 0.256 e. The minimum Gasteiger partial charge on any atom is -0.388 e. The molecule has 2 aromatic rings. The predicted octanol–water partition coefficient (Wildman–Crippen LogP) is 2.92. The highest BCUT2D eigenvalue weighted by molar-refractivity contribution is 6.36. The molecule has 168 valence electrons. The molecule has 32 heavy (non-hydrogen) atoms. The van der Waals surface area contributed by atoms with Gasteiger partial charge >= 0.3 is 0 Å². The number of aromatic nitrogens is 1. The maximum Gasteiger partial charge on any atom is 0.256 e. The Balaban J connectivity index is 1.43. The van der Waals surface area contributed by atoms with Gasteiger partial charge in [-0.25, -0.2) is 0 Å². The second kappa shape index (κ2) is 7.76. The lowest BCUT2D eigenvalue weighted by Gasteiger charge is -2.40. The van der Waals surface area contributed by atoms with Crippen molar-refractivity contribution in [2.45, 2.75) is 31.8 Å². The van der Waals surface area contributed by atoms with Crippen molar-refractivity contribution in [3.63, 3.8) is 0 Å². The highest BCUT2D eigenvalue weighted by Gasteiger charge is 2.37. The molecule has 7 nitrogen and oxygen atoms in total. The number of halogens is 1. The van der Waals surface area contributed by atoms with Crippen LogP contribution in [0.4, 0.5) is 5.69 Å². The summed E-state index contributed by atoms with van der Waals surface area (Å²) in [7, 11) is 2.05. The van der Waals surface area contributed by atoms with Crippen molar-refractivity contribution < 1.29 is 14.7 Å². The van der Waals surface area contributed by atoms with Crippen molar-refractivity contribution in [1.82, 2.24) is 14.8 Å². The number of aromatic amines is 1. The summed E-state index contributed by atoms with van der Waals surface area (Å²) in [6.07, 6.45) is 3.82. The monoisotopic (exact) mass is 454 g/mol. The number of nitrogens with one attached hydrogen (secondary N) is 2. The van der Waals surface area contributed by atoms with Crippen LogP contribution in [0, 0.1) is 6.92 Å². The number of rotatable bonds is 3. The van der Waals surface area contributed by atoms with Crippen molar-refractivity contribution in [3.05, 3.63) is 51.3 Å². The van der Waals surface area contributed by atoms with Crippen molar-refractivity contribution in [3.8, 4) is 0 Å². The summed E-state index contributed by atoms with van der Waals surface area (Å²) in [6, 6.07) is 5.31. The molecular formula is C24H27ClN4O3. The molecule has 5 rings (SSSR count). The average molecular weight is 455 g/mol. The first-order valence-corrected chi connectivity index (χ1v) is 11.4. The van der Waals surface area contributed by atoms with E-state index in [0.717, 1.165) is 41.3 Å². The van der Waals surface area contributed by atoms with Gasteiger partial charge in [-0.3, -0.25) is 9.59 Å². The third kappa shape index (κ3) is 3.64. The van der Waals surface area contributed by atoms with Crippen LogP contribution in [-0.2, 0) is 11.2 Å². The largest absolute Gasteiger partial charge is 0.388 e. The molecule has 0 aliphatic carbocycles. The Kier molecular flexibility index (Phi) is 5.15. The van der Waals surface area contributed by atoms with E-state index in [1.165, 1.54) is 0 Å². The van der Waals surface area contributed by atoms with Crippen molar-refractivity contribution in [2.24, 2.45) is 0 Å². The van der Waals surface area contributed by atoms with Gasteiger partial charge in [0.1, 0.15) is 0 Å². The van der Waals surface area contributed by atoms with E-state index in [0.29, 0.717) is 48.5 Å². The molecule has 1 saturated heterocycles. The lowest BCUT2D eigenvalue weighted by Crippen LogP contribution is -2.52. The molecule has 2 amide bonds. The Morgan fingerprint density at radius 3 is 2.72 bits per heavy atom. The number of carbonyl (C=O) groups excluding carboxylic acids is 2. The lowest BCUT2D eigenvalue weighted by molar-refractivity contribution is -0.110. The minimum absolute atomic E-state index is 0.0590. The van der Waals surface area contributed by atoms with Crippen LogP contribution in [0.25, 0.3) is 11.6 Å². The second-order valence-electron chi connectivity index (χ2n) is 9.22. The minimum atomic E-state index is -0.834. The summed E-state index contributed by atoms with van der Waals surface area (Å²) in [5.74, 6) is -0.247. The van der Waals surface area contributed by atoms with Crippen LogP contribution in [-0.4, -0.2) is 70.5 Å². The molecule has 4 heterocycles. The first kappa shape index (κ1) is 21.2. The molecule has 3 aliphatic rings. The third-order valence-electron chi connectivity index (χ3n) is 6.96. The van der Waals surface area contributed by atoms with E-state index < -0.39 is 5.60 Å². The Morgan fingerprint density at radius 1 is 1.22 bits per heavy atom. The van der Waals surface area contributed by atoms with Crippen LogP contribution in [0.5, 0.6) is 0 Å². The summed E-state index contributed by atoms with van der Waals surface area (Å²) in [5, 5.41) is 14.4. The van der Waals surface area contributed by atoms with Gasteiger partial charge in [-0.15, -0.1) is 0 Å². The number of piperidine rings is 1. The van der Waals surface area contributed by atoms with Gasteiger partial charge in [-0.05, 0) is 56.7 Å². The fourth-order valence-corrected chi connectivity index (χ4v) is 5.13. The van der Waals surface area contributed by atoms with Crippen LogP contribution in [0.2, 0.25) is 5.02 Å². The Morgan fingerprint density at radius 2 is 1.97 bits per heavy atom. The fourth-order valence-electron chi connectivity index (χ4n) is 4.95. The number of fused-ring (bicyclic) bond motifs is 2. The van der Waals surface area contributed by atoms with Gasteiger partial charge in [0.05, 0.1) is 16.7 Å². The fraction of sp³-hybridized carbons (Fsp3) is 0.417. The number of likely N-dealkylation sites (tertiary alicyclic amines) is 1. The van der Waals surface area contributed by atoms with Gasteiger partial charge in [-0.2, -0.15) is 0 Å². The van der Waals surface area contributed by atoms with Gasteiger partial charge in [0, 0.05) is 60.3 Å². The lowest BCUT2D eigenvalue weighted by atomic mass is 9.90. The molecule has 1 aromatic carbocycles. The number of hydrogen-bond acceptors (Lipinski definition) is 4. The standard InChI is InChI=1S/C24H27ClN4O3/c1-14-20(12-17-16-11-15(25)3-4-18(16)27-22(17)30)26-19-5-8-29(23(31)21(14)19)13-24(32)6-9-28(2)10-7-24/h3-4,11-12,26,32H,5-10,13H2,1-2H3,(H,27,30). The van der Waals surface area contributed by atoms with Crippen LogP contribution in [0.3, 0.4) is 0 Å². The summed E-state index contributed by atoms with van der Waals surface area (Å²) < 4.78 is 0. The Hall–Kier alpha value is -2.61. The molecule has 0 saturated carbocycles. The van der Waals surface area contributed by atoms with Crippen LogP contribution in [0.1, 0.15) is 45.7 Å². The molecule has 0 bridgehead atoms. The summed E-state index contributed by atoms with van der Waals surface area (Å²) >= 11 is 6.14. The molecule has 3 aliphatic heterocycles. The number of amides is 2. The topological polar surface area (TPSA) is 88.7 Å². The number of anilines is 1. The quantitative estimate of drug-likeness (QED) is 0.622. The van der Waals surface area contributed by atoms with Crippen molar-refractivity contribution in [1.29, 1.82) is 0 Å². The van der Waals surface area contributed by atoms with E-state index in [9.17, 15) is 14.7 Å². The normalized spacial score (nSPS) is 21.6. The van der Waals surface area contributed by atoms with E-state index >= 15 is 0 Å². The zero-order valence-electron chi connectivity index (χ0n) is 18.3. The number of benzene rings is 1. The zero-order valence-corrected chi connectivity index (χ0v) is 19.1. The number of aliphatic hydroxyl groups is 1. The van der Waals surface area contributed by atoms with Crippen LogP contribution >= 0.6 is 11.6 Å². The van der Waals surface area contributed by atoms with Gasteiger partial charge in [0.2, 0.25) is 0 Å². The third-order valence-corrected chi connectivity index (χ3v) is 7.19. The molecule has 1 aromatic heterocycles. The first-order valence-electron chi connectivity index (χ1n) is 11.0. The molecule has 0 spiro atoms.